The van der Waals surface area contributed by atoms with Gasteiger partial charge in [0.05, 0.1) is 18.8 Å². The van der Waals surface area contributed by atoms with Gasteiger partial charge in [-0.3, -0.25) is 4.79 Å². The second-order valence-electron chi connectivity index (χ2n) is 21.5. The number of aliphatic hydroxyl groups is 2. The Labute approximate surface area is 421 Å². The molecule has 0 rings (SSSR count). The van der Waals surface area contributed by atoms with Crippen molar-refractivity contribution in [3.05, 3.63) is 24.3 Å². The molecule has 0 aromatic rings. The topological polar surface area (TPSA) is 69.6 Å². The van der Waals surface area contributed by atoms with Crippen LogP contribution in [0.2, 0.25) is 0 Å². The van der Waals surface area contributed by atoms with Gasteiger partial charge in [0.25, 0.3) is 0 Å². The van der Waals surface area contributed by atoms with E-state index in [9.17, 15) is 15.0 Å². The number of amides is 1. The first kappa shape index (κ1) is 65.9. The van der Waals surface area contributed by atoms with Gasteiger partial charge < -0.3 is 15.5 Å². The summed E-state index contributed by atoms with van der Waals surface area (Å²) < 4.78 is 0. The normalized spacial score (nSPS) is 12.8. The van der Waals surface area contributed by atoms with Crippen molar-refractivity contribution in [1.29, 1.82) is 0 Å². The summed E-state index contributed by atoms with van der Waals surface area (Å²) in [6, 6.07) is -0.535. The number of hydrogen-bond acceptors (Lipinski definition) is 3. The minimum atomic E-state index is -0.658. The van der Waals surface area contributed by atoms with Crippen LogP contribution in [-0.4, -0.2) is 34.9 Å². The van der Waals surface area contributed by atoms with Crippen LogP contribution in [0.4, 0.5) is 0 Å². The maximum absolute atomic E-state index is 12.5. The first-order chi connectivity index (χ1) is 33.2. The van der Waals surface area contributed by atoms with Crippen LogP contribution in [0.25, 0.3) is 0 Å². The number of aliphatic hydroxyl groups excluding tert-OH is 2. The van der Waals surface area contributed by atoms with Crippen LogP contribution < -0.4 is 5.32 Å². The standard InChI is InChI=1S/C63H123NO3/c1-3-5-7-9-11-13-15-17-19-21-23-25-27-28-29-30-31-32-33-34-35-36-37-39-41-43-45-47-49-51-53-55-57-59-63(67)64-61(60-65)62(66)58-56-54-52-50-48-46-44-42-40-38-26-24-22-20-18-16-14-12-10-8-6-4-2/h23,25,28-29,61-62,65-66H,3-22,24,26-27,30-60H2,1-2H3,(H,64,67)/b25-23-,29-28-. The summed E-state index contributed by atoms with van der Waals surface area (Å²) in [5.41, 5.74) is 0. The van der Waals surface area contributed by atoms with E-state index in [2.05, 4.69) is 43.5 Å². The Bertz CT molecular complexity index is 978. The summed E-state index contributed by atoms with van der Waals surface area (Å²) in [6.45, 7) is 4.40. The predicted molar refractivity (Wildman–Crippen MR) is 299 cm³/mol. The summed E-state index contributed by atoms with van der Waals surface area (Å²) in [5.74, 6) is -0.0243. The van der Waals surface area contributed by atoms with Crippen LogP contribution in [0.15, 0.2) is 24.3 Å². The highest BCUT2D eigenvalue weighted by Crippen LogP contribution is 2.18. The Morgan fingerprint density at radius 2 is 0.612 bits per heavy atom. The Balaban J connectivity index is 3.41. The Morgan fingerprint density at radius 3 is 0.896 bits per heavy atom. The lowest BCUT2D eigenvalue weighted by Crippen LogP contribution is -2.45. The number of carbonyl (C=O) groups excluding carboxylic acids is 1. The lowest BCUT2D eigenvalue weighted by atomic mass is 10.0. The van der Waals surface area contributed by atoms with Gasteiger partial charge in [-0.2, -0.15) is 0 Å². The fraction of sp³-hybridized carbons (Fsp3) is 0.921. The number of carbonyl (C=O) groups is 1. The molecule has 398 valence electrons. The Kier molecular flexibility index (Phi) is 58.2. The molecule has 0 heterocycles. The van der Waals surface area contributed by atoms with Gasteiger partial charge >= 0.3 is 0 Å². The van der Waals surface area contributed by atoms with Crippen molar-refractivity contribution >= 4 is 5.91 Å². The van der Waals surface area contributed by atoms with Crippen LogP contribution in [0, 0.1) is 0 Å². The average molecular weight is 943 g/mol. The third kappa shape index (κ3) is 55.7. The first-order valence-electron chi connectivity index (χ1n) is 31.0. The lowest BCUT2D eigenvalue weighted by molar-refractivity contribution is -0.123. The van der Waals surface area contributed by atoms with Crippen molar-refractivity contribution in [1.82, 2.24) is 5.32 Å². The first-order valence-corrected chi connectivity index (χ1v) is 31.0. The summed E-state index contributed by atoms with van der Waals surface area (Å²) in [6.07, 6.45) is 79.1. The number of unbranched alkanes of at least 4 members (excludes halogenated alkanes) is 47. The molecule has 0 aliphatic carbocycles. The number of rotatable bonds is 58. The quantitative estimate of drug-likeness (QED) is 0.0420. The molecule has 0 radical (unpaired) electrons. The van der Waals surface area contributed by atoms with E-state index < -0.39 is 12.1 Å². The van der Waals surface area contributed by atoms with Gasteiger partial charge in [0.2, 0.25) is 5.91 Å². The molecule has 1 amide bonds. The molecule has 0 aliphatic rings. The van der Waals surface area contributed by atoms with E-state index >= 15 is 0 Å². The molecule has 0 saturated heterocycles. The second-order valence-corrected chi connectivity index (χ2v) is 21.5. The molecule has 2 atom stereocenters. The maximum atomic E-state index is 12.5. The van der Waals surface area contributed by atoms with Gasteiger partial charge in [-0.05, 0) is 44.9 Å². The molecule has 4 nitrogen and oxygen atoms in total. The number of nitrogens with one attached hydrogen (secondary N) is 1. The van der Waals surface area contributed by atoms with Gasteiger partial charge in [-0.25, -0.2) is 0 Å². The molecular weight excluding hydrogens is 819 g/mol. The molecule has 0 saturated carbocycles. The van der Waals surface area contributed by atoms with Crippen LogP contribution >= 0.6 is 0 Å². The lowest BCUT2D eigenvalue weighted by Gasteiger charge is -2.22. The maximum Gasteiger partial charge on any atom is 0.220 e. The van der Waals surface area contributed by atoms with Crippen LogP contribution in [0.3, 0.4) is 0 Å². The fourth-order valence-corrected chi connectivity index (χ4v) is 9.98. The second kappa shape index (κ2) is 59.2. The van der Waals surface area contributed by atoms with Crippen LogP contribution in [0.1, 0.15) is 354 Å². The average Bonchev–Trinajstić information content (AvgIpc) is 3.33. The molecule has 0 aromatic carbocycles. The zero-order valence-electron chi connectivity index (χ0n) is 46.0. The van der Waals surface area contributed by atoms with Crippen LogP contribution in [-0.2, 0) is 4.79 Å². The van der Waals surface area contributed by atoms with Crippen molar-refractivity contribution in [3.63, 3.8) is 0 Å². The van der Waals surface area contributed by atoms with E-state index in [4.69, 9.17) is 0 Å². The zero-order valence-corrected chi connectivity index (χ0v) is 46.0. The van der Waals surface area contributed by atoms with Gasteiger partial charge in [0, 0.05) is 6.42 Å². The van der Waals surface area contributed by atoms with Crippen molar-refractivity contribution in [2.45, 2.75) is 366 Å². The zero-order chi connectivity index (χ0) is 48.5. The highest BCUT2D eigenvalue weighted by atomic mass is 16.3. The molecule has 4 heteroatoms. The summed E-state index contributed by atoms with van der Waals surface area (Å²) >= 11 is 0. The minimum Gasteiger partial charge on any atom is -0.394 e. The molecule has 0 aliphatic heterocycles. The molecule has 0 aromatic heterocycles. The van der Waals surface area contributed by atoms with Crippen LogP contribution in [0.5, 0.6) is 0 Å². The van der Waals surface area contributed by atoms with Gasteiger partial charge in [-0.15, -0.1) is 0 Å². The molecular formula is C63H123NO3. The van der Waals surface area contributed by atoms with Gasteiger partial charge in [-0.1, -0.05) is 327 Å². The molecule has 0 bridgehead atoms. The number of allylic oxidation sites excluding steroid dienone is 4. The molecule has 67 heavy (non-hydrogen) atoms. The Morgan fingerprint density at radius 1 is 0.358 bits per heavy atom. The monoisotopic (exact) mass is 942 g/mol. The summed E-state index contributed by atoms with van der Waals surface area (Å²) in [4.78, 5) is 12.5. The molecule has 3 N–H and O–H groups in total. The smallest absolute Gasteiger partial charge is 0.220 e. The molecule has 0 fully saturated rings. The SMILES string of the molecule is CCCCCCCCCCC/C=C\C/C=C\CCCCCCCCCCCCCCCCCCCC(=O)NC(CO)C(O)CCCCCCCCCCCCCCCCCCCCCCCC. The predicted octanol–water partition coefficient (Wildman–Crippen LogP) is 20.7. The van der Waals surface area contributed by atoms with E-state index in [1.165, 1.54) is 295 Å². The summed E-state index contributed by atoms with van der Waals surface area (Å²) in [5, 5.41) is 23.4. The Hall–Kier alpha value is -1.13. The van der Waals surface area contributed by atoms with Crippen molar-refractivity contribution in [2.24, 2.45) is 0 Å². The van der Waals surface area contributed by atoms with Gasteiger partial charge in [0.1, 0.15) is 0 Å². The van der Waals surface area contributed by atoms with E-state index in [1.54, 1.807) is 0 Å². The van der Waals surface area contributed by atoms with Crippen molar-refractivity contribution < 1.29 is 15.0 Å². The molecule has 2 unspecified atom stereocenters. The van der Waals surface area contributed by atoms with E-state index in [0.717, 1.165) is 32.1 Å². The van der Waals surface area contributed by atoms with Crippen molar-refractivity contribution in [3.8, 4) is 0 Å². The van der Waals surface area contributed by atoms with Crippen molar-refractivity contribution in [2.75, 3.05) is 6.61 Å². The highest BCUT2D eigenvalue weighted by molar-refractivity contribution is 5.76. The molecule has 0 spiro atoms. The third-order valence-corrected chi connectivity index (χ3v) is 14.7. The van der Waals surface area contributed by atoms with Gasteiger partial charge in [0.15, 0.2) is 0 Å². The van der Waals surface area contributed by atoms with E-state index in [-0.39, 0.29) is 12.5 Å². The fourth-order valence-electron chi connectivity index (χ4n) is 9.98. The minimum absolute atomic E-state index is 0.0243. The number of hydrogen-bond donors (Lipinski definition) is 3. The van der Waals surface area contributed by atoms with E-state index in [0.29, 0.717) is 12.8 Å². The highest BCUT2D eigenvalue weighted by Gasteiger charge is 2.20. The summed E-state index contributed by atoms with van der Waals surface area (Å²) in [7, 11) is 0. The third-order valence-electron chi connectivity index (χ3n) is 14.7. The van der Waals surface area contributed by atoms with E-state index in [1.807, 2.05) is 0 Å². The largest absolute Gasteiger partial charge is 0.394 e.